The van der Waals surface area contributed by atoms with E-state index >= 15 is 0 Å². The molecule has 2 aromatic rings. The van der Waals surface area contributed by atoms with E-state index in [0.717, 1.165) is 11.4 Å². The van der Waals surface area contributed by atoms with Gasteiger partial charge in [-0.15, -0.1) is 0 Å². The standard InChI is InChI=1S/C14H16N2O/c1-3-16(12(2)17)14-8-6-7-13(11-14)15-9-4-5-10-15/h4-11H,3H2,1-2H3. The van der Waals surface area contributed by atoms with Crippen molar-refractivity contribution >= 4 is 11.6 Å². The molecule has 0 N–H and O–H groups in total. The predicted molar refractivity (Wildman–Crippen MR) is 69.5 cm³/mol. The fraction of sp³-hybridized carbons (Fsp3) is 0.214. The molecule has 3 nitrogen and oxygen atoms in total. The highest BCUT2D eigenvalue weighted by Gasteiger charge is 2.09. The molecule has 0 spiro atoms. The first kappa shape index (κ1) is 11.5. The highest BCUT2D eigenvalue weighted by atomic mass is 16.2. The summed E-state index contributed by atoms with van der Waals surface area (Å²) in [5, 5.41) is 0. The maximum atomic E-state index is 11.5. The summed E-state index contributed by atoms with van der Waals surface area (Å²) in [6, 6.07) is 11.9. The first-order valence-electron chi connectivity index (χ1n) is 5.74. The molecule has 0 atom stereocenters. The van der Waals surface area contributed by atoms with Gasteiger partial charge in [-0.2, -0.15) is 0 Å². The molecule has 1 amide bonds. The number of amides is 1. The molecule has 0 fully saturated rings. The van der Waals surface area contributed by atoms with Crippen LogP contribution in [0.3, 0.4) is 0 Å². The van der Waals surface area contributed by atoms with Crippen LogP contribution in [0.25, 0.3) is 5.69 Å². The van der Waals surface area contributed by atoms with Crippen LogP contribution in [0.4, 0.5) is 5.69 Å². The van der Waals surface area contributed by atoms with Crippen molar-refractivity contribution in [2.45, 2.75) is 13.8 Å². The van der Waals surface area contributed by atoms with Gasteiger partial charge in [0.25, 0.3) is 0 Å². The SMILES string of the molecule is CCN(C(C)=O)c1cccc(-n2cccc2)c1. The number of aromatic nitrogens is 1. The number of nitrogens with zero attached hydrogens (tertiary/aromatic N) is 2. The van der Waals surface area contributed by atoms with Crippen LogP contribution >= 0.6 is 0 Å². The summed E-state index contributed by atoms with van der Waals surface area (Å²) in [6.45, 7) is 4.25. The number of benzene rings is 1. The monoisotopic (exact) mass is 228 g/mol. The molecule has 0 aliphatic heterocycles. The van der Waals surface area contributed by atoms with E-state index in [4.69, 9.17) is 0 Å². The van der Waals surface area contributed by atoms with Crippen molar-refractivity contribution in [1.82, 2.24) is 4.57 Å². The molecule has 2 rings (SSSR count). The Morgan fingerprint density at radius 2 is 1.94 bits per heavy atom. The minimum absolute atomic E-state index is 0.0668. The lowest BCUT2D eigenvalue weighted by Gasteiger charge is -2.19. The van der Waals surface area contributed by atoms with Crippen molar-refractivity contribution in [3.8, 4) is 5.69 Å². The van der Waals surface area contributed by atoms with Gasteiger partial charge in [0, 0.05) is 37.2 Å². The number of carbonyl (C=O) groups is 1. The van der Waals surface area contributed by atoms with E-state index < -0.39 is 0 Å². The van der Waals surface area contributed by atoms with Crippen LogP contribution in [-0.2, 0) is 4.79 Å². The maximum Gasteiger partial charge on any atom is 0.223 e. The van der Waals surface area contributed by atoms with Gasteiger partial charge in [0.15, 0.2) is 0 Å². The first-order valence-corrected chi connectivity index (χ1v) is 5.74. The minimum atomic E-state index is 0.0668. The fourth-order valence-corrected chi connectivity index (χ4v) is 1.92. The highest BCUT2D eigenvalue weighted by molar-refractivity contribution is 5.91. The number of rotatable bonds is 3. The molecule has 1 aromatic heterocycles. The molecule has 0 saturated heterocycles. The molecule has 0 saturated carbocycles. The lowest BCUT2D eigenvalue weighted by Crippen LogP contribution is -2.27. The van der Waals surface area contributed by atoms with Crippen molar-refractivity contribution in [3.63, 3.8) is 0 Å². The zero-order valence-electron chi connectivity index (χ0n) is 10.1. The minimum Gasteiger partial charge on any atom is -0.324 e. The van der Waals surface area contributed by atoms with Gasteiger partial charge in [0.05, 0.1) is 0 Å². The highest BCUT2D eigenvalue weighted by Crippen LogP contribution is 2.19. The summed E-state index contributed by atoms with van der Waals surface area (Å²) in [5.74, 6) is 0.0668. The Bertz CT molecular complexity index is 503. The normalized spacial score (nSPS) is 10.2. The van der Waals surface area contributed by atoms with Crippen LogP contribution in [0.15, 0.2) is 48.8 Å². The van der Waals surface area contributed by atoms with Crippen LogP contribution in [0.5, 0.6) is 0 Å². The van der Waals surface area contributed by atoms with E-state index in [1.807, 2.05) is 60.3 Å². The second-order valence-electron chi connectivity index (χ2n) is 3.87. The lowest BCUT2D eigenvalue weighted by molar-refractivity contribution is -0.116. The maximum absolute atomic E-state index is 11.5. The van der Waals surface area contributed by atoms with E-state index in [1.54, 1.807) is 11.8 Å². The van der Waals surface area contributed by atoms with Crippen molar-refractivity contribution < 1.29 is 4.79 Å². The van der Waals surface area contributed by atoms with Crippen LogP contribution < -0.4 is 4.90 Å². The van der Waals surface area contributed by atoms with Crippen molar-refractivity contribution in [2.24, 2.45) is 0 Å². The largest absolute Gasteiger partial charge is 0.324 e. The Balaban J connectivity index is 2.37. The van der Waals surface area contributed by atoms with Gasteiger partial charge in [-0.05, 0) is 37.3 Å². The van der Waals surface area contributed by atoms with Crippen molar-refractivity contribution in [3.05, 3.63) is 48.8 Å². The Morgan fingerprint density at radius 3 is 2.53 bits per heavy atom. The molecule has 3 heteroatoms. The molecule has 88 valence electrons. The third kappa shape index (κ3) is 2.38. The molecule has 1 aromatic carbocycles. The van der Waals surface area contributed by atoms with Gasteiger partial charge in [-0.3, -0.25) is 4.79 Å². The van der Waals surface area contributed by atoms with Crippen molar-refractivity contribution in [2.75, 3.05) is 11.4 Å². The average molecular weight is 228 g/mol. The Morgan fingerprint density at radius 1 is 1.24 bits per heavy atom. The molecule has 0 unspecified atom stereocenters. The summed E-state index contributed by atoms with van der Waals surface area (Å²) >= 11 is 0. The number of hydrogen-bond acceptors (Lipinski definition) is 1. The van der Waals surface area contributed by atoms with E-state index in [9.17, 15) is 4.79 Å². The molecule has 0 bridgehead atoms. The topological polar surface area (TPSA) is 25.2 Å². The van der Waals surface area contributed by atoms with E-state index in [0.29, 0.717) is 6.54 Å². The second-order valence-corrected chi connectivity index (χ2v) is 3.87. The molecular weight excluding hydrogens is 212 g/mol. The molecule has 0 aliphatic carbocycles. The van der Waals surface area contributed by atoms with Gasteiger partial charge in [-0.1, -0.05) is 6.07 Å². The third-order valence-corrected chi connectivity index (χ3v) is 2.74. The van der Waals surface area contributed by atoms with Gasteiger partial charge in [0.2, 0.25) is 5.91 Å². The summed E-state index contributed by atoms with van der Waals surface area (Å²) < 4.78 is 2.03. The molecular formula is C14H16N2O. The van der Waals surface area contributed by atoms with Crippen molar-refractivity contribution in [1.29, 1.82) is 0 Å². The van der Waals surface area contributed by atoms with Gasteiger partial charge >= 0.3 is 0 Å². The van der Waals surface area contributed by atoms with E-state index in [-0.39, 0.29) is 5.91 Å². The smallest absolute Gasteiger partial charge is 0.223 e. The lowest BCUT2D eigenvalue weighted by atomic mass is 10.2. The van der Waals surface area contributed by atoms with Gasteiger partial charge < -0.3 is 9.47 Å². The summed E-state index contributed by atoms with van der Waals surface area (Å²) in [7, 11) is 0. The zero-order chi connectivity index (χ0) is 12.3. The quantitative estimate of drug-likeness (QED) is 0.793. The first-order chi connectivity index (χ1) is 8.22. The third-order valence-electron chi connectivity index (χ3n) is 2.74. The van der Waals surface area contributed by atoms with Gasteiger partial charge in [-0.25, -0.2) is 0 Å². The average Bonchev–Trinajstić information content (AvgIpc) is 2.83. The summed E-state index contributed by atoms with van der Waals surface area (Å²) in [4.78, 5) is 13.2. The van der Waals surface area contributed by atoms with Gasteiger partial charge in [0.1, 0.15) is 0 Å². The van der Waals surface area contributed by atoms with Crippen LogP contribution in [0, 0.1) is 0 Å². The Hall–Kier alpha value is -2.03. The number of carbonyl (C=O) groups excluding carboxylic acids is 1. The second kappa shape index (κ2) is 4.87. The predicted octanol–water partition coefficient (Wildman–Crippen LogP) is 2.85. The van der Waals surface area contributed by atoms with Crippen LogP contribution in [0.1, 0.15) is 13.8 Å². The molecule has 0 aliphatic rings. The summed E-state index contributed by atoms with van der Waals surface area (Å²) in [6.07, 6.45) is 3.98. The van der Waals surface area contributed by atoms with Crippen LogP contribution in [-0.4, -0.2) is 17.0 Å². The Labute approximate surface area is 101 Å². The number of anilines is 1. The van der Waals surface area contributed by atoms with E-state index in [2.05, 4.69) is 0 Å². The van der Waals surface area contributed by atoms with Crippen LogP contribution in [0.2, 0.25) is 0 Å². The van der Waals surface area contributed by atoms with E-state index in [1.165, 1.54) is 0 Å². The Kier molecular flexibility index (Phi) is 3.28. The molecule has 0 radical (unpaired) electrons. The fourth-order valence-electron chi connectivity index (χ4n) is 1.92. The number of hydrogen-bond donors (Lipinski definition) is 0. The zero-order valence-corrected chi connectivity index (χ0v) is 10.1. The summed E-state index contributed by atoms with van der Waals surface area (Å²) in [5.41, 5.74) is 2.00. The molecule has 1 heterocycles. The molecule has 17 heavy (non-hydrogen) atoms.